The summed E-state index contributed by atoms with van der Waals surface area (Å²) >= 11 is 1.48. The van der Waals surface area contributed by atoms with Crippen LogP contribution in [0.2, 0.25) is 0 Å². The summed E-state index contributed by atoms with van der Waals surface area (Å²) in [6.45, 7) is 2.41. The average Bonchev–Trinajstić information content (AvgIpc) is 3.25. The van der Waals surface area contributed by atoms with Gasteiger partial charge in [0.25, 0.3) is 5.91 Å². The number of allylic oxidation sites excluding steroid dienone is 1. The first kappa shape index (κ1) is 15.4. The zero-order valence-corrected chi connectivity index (χ0v) is 14.7. The van der Waals surface area contributed by atoms with Gasteiger partial charge in [-0.1, -0.05) is 0 Å². The minimum atomic E-state index is -1.04. The normalized spacial score (nSPS) is 28.3. The van der Waals surface area contributed by atoms with Gasteiger partial charge in [0.05, 0.1) is 23.4 Å². The maximum atomic E-state index is 12.8. The Morgan fingerprint density at radius 3 is 3.00 bits per heavy atom. The summed E-state index contributed by atoms with van der Waals surface area (Å²) in [5.41, 5.74) is 2.39. The second-order valence-corrected chi connectivity index (χ2v) is 8.32. The van der Waals surface area contributed by atoms with Gasteiger partial charge in [-0.2, -0.15) is 5.10 Å². The van der Waals surface area contributed by atoms with E-state index < -0.39 is 5.60 Å². The number of carbonyl (C=O) groups excluding carboxylic acids is 1. The summed E-state index contributed by atoms with van der Waals surface area (Å²) in [6.07, 6.45) is 7.17. The Morgan fingerprint density at radius 2 is 2.28 bits per heavy atom. The highest BCUT2D eigenvalue weighted by Gasteiger charge is 2.51. The van der Waals surface area contributed by atoms with Crippen molar-refractivity contribution in [1.29, 1.82) is 0 Å². The van der Waals surface area contributed by atoms with E-state index in [2.05, 4.69) is 15.2 Å². The molecule has 130 valence electrons. The van der Waals surface area contributed by atoms with E-state index in [4.69, 9.17) is 4.74 Å². The van der Waals surface area contributed by atoms with Gasteiger partial charge in [0.15, 0.2) is 0 Å². The quantitative estimate of drug-likeness (QED) is 0.867. The Kier molecular flexibility index (Phi) is 3.27. The SMILES string of the molecule is C[C@](O)(C1=NC(=O)C2SC(c3cn[nH]c3)=C3OCCCC1=C32)C1CC1. The molecule has 4 aliphatic rings. The van der Waals surface area contributed by atoms with E-state index in [0.29, 0.717) is 12.3 Å². The van der Waals surface area contributed by atoms with Crippen LogP contribution in [0.1, 0.15) is 38.2 Å². The van der Waals surface area contributed by atoms with Crippen LogP contribution in [0.5, 0.6) is 0 Å². The zero-order valence-electron chi connectivity index (χ0n) is 13.9. The third-order valence-electron chi connectivity index (χ3n) is 5.44. The number of ether oxygens (including phenoxy) is 1. The van der Waals surface area contributed by atoms with Crippen LogP contribution in [-0.4, -0.2) is 44.4 Å². The smallest absolute Gasteiger partial charge is 0.264 e. The number of dihydropyridines is 1. The molecule has 1 fully saturated rings. The number of aromatic amines is 1. The highest BCUT2D eigenvalue weighted by Crippen LogP contribution is 2.53. The molecule has 1 aromatic heterocycles. The maximum absolute atomic E-state index is 12.8. The molecule has 0 bridgehead atoms. The van der Waals surface area contributed by atoms with Gasteiger partial charge < -0.3 is 9.84 Å². The van der Waals surface area contributed by atoms with Gasteiger partial charge in [-0.05, 0) is 44.1 Å². The van der Waals surface area contributed by atoms with Gasteiger partial charge in [0.1, 0.15) is 16.6 Å². The molecule has 6 nitrogen and oxygen atoms in total. The van der Waals surface area contributed by atoms with E-state index in [9.17, 15) is 9.90 Å². The van der Waals surface area contributed by atoms with Crippen LogP contribution in [0, 0.1) is 5.92 Å². The predicted molar refractivity (Wildman–Crippen MR) is 94.9 cm³/mol. The number of aliphatic hydroxyl groups is 1. The Morgan fingerprint density at radius 1 is 1.44 bits per heavy atom. The molecule has 0 spiro atoms. The lowest BCUT2D eigenvalue weighted by Crippen LogP contribution is -2.43. The van der Waals surface area contributed by atoms with E-state index in [1.807, 2.05) is 6.20 Å². The van der Waals surface area contributed by atoms with Crippen molar-refractivity contribution in [1.82, 2.24) is 10.2 Å². The minimum Gasteiger partial charge on any atom is -0.492 e. The number of rotatable bonds is 3. The Balaban J connectivity index is 1.69. The van der Waals surface area contributed by atoms with Crippen molar-refractivity contribution in [2.24, 2.45) is 10.9 Å². The van der Waals surface area contributed by atoms with E-state index in [-0.39, 0.29) is 17.1 Å². The van der Waals surface area contributed by atoms with Crippen LogP contribution in [0.4, 0.5) is 0 Å². The molecule has 1 aliphatic carbocycles. The maximum Gasteiger partial charge on any atom is 0.264 e. The van der Waals surface area contributed by atoms with Gasteiger partial charge in [0, 0.05) is 17.3 Å². The minimum absolute atomic E-state index is 0.193. The number of nitrogens with one attached hydrogen (secondary N) is 1. The fourth-order valence-corrected chi connectivity index (χ4v) is 5.24. The first-order valence-corrected chi connectivity index (χ1v) is 9.57. The van der Waals surface area contributed by atoms with Crippen molar-refractivity contribution in [3.05, 3.63) is 34.9 Å². The van der Waals surface area contributed by atoms with Crippen LogP contribution in [0.3, 0.4) is 0 Å². The van der Waals surface area contributed by atoms with Crippen LogP contribution in [0.25, 0.3) is 4.91 Å². The van der Waals surface area contributed by atoms with E-state index in [1.54, 1.807) is 13.1 Å². The molecule has 0 aromatic carbocycles. The molecule has 7 heteroatoms. The van der Waals surface area contributed by atoms with Crippen molar-refractivity contribution >= 4 is 28.3 Å². The highest BCUT2D eigenvalue weighted by atomic mass is 32.2. The average molecular weight is 357 g/mol. The summed E-state index contributed by atoms with van der Waals surface area (Å²) in [6, 6.07) is 0. The summed E-state index contributed by atoms with van der Waals surface area (Å²) in [5, 5.41) is 17.5. The summed E-state index contributed by atoms with van der Waals surface area (Å²) in [5.74, 6) is 0.778. The van der Waals surface area contributed by atoms with Gasteiger partial charge in [-0.25, -0.2) is 4.99 Å². The monoisotopic (exact) mass is 357 g/mol. The topological polar surface area (TPSA) is 87.6 Å². The van der Waals surface area contributed by atoms with Gasteiger partial charge >= 0.3 is 0 Å². The summed E-state index contributed by atoms with van der Waals surface area (Å²) < 4.78 is 6.06. The Bertz CT molecular complexity index is 847. The number of amides is 1. The lowest BCUT2D eigenvalue weighted by molar-refractivity contribution is -0.116. The molecule has 4 heterocycles. The molecule has 0 radical (unpaired) electrons. The number of aliphatic imine (C=N–C) groups is 1. The largest absolute Gasteiger partial charge is 0.492 e. The lowest BCUT2D eigenvalue weighted by atomic mass is 9.82. The van der Waals surface area contributed by atoms with Crippen molar-refractivity contribution in [3.63, 3.8) is 0 Å². The first-order chi connectivity index (χ1) is 12.1. The van der Waals surface area contributed by atoms with Crippen molar-refractivity contribution < 1.29 is 14.6 Å². The summed E-state index contributed by atoms with van der Waals surface area (Å²) in [4.78, 5) is 18.1. The Hall–Kier alpha value is -1.86. The van der Waals surface area contributed by atoms with Gasteiger partial charge in [-0.15, -0.1) is 11.8 Å². The molecule has 1 amide bonds. The number of aromatic nitrogens is 2. The lowest BCUT2D eigenvalue weighted by Gasteiger charge is -2.31. The molecule has 2 N–H and O–H groups in total. The fraction of sp³-hybridized carbons (Fsp3) is 0.500. The molecule has 3 aliphatic heterocycles. The van der Waals surface area contributed by atoms with Crippen molar-refractivity contribution in [2.75, 3.05) is 6.61 Å². The van der Waals surface area contributed by atoms with E-state index in [0.717, 1.165) is 53.1 Å². The summed E-state index contributed by atoms with van der Waals surface area (Å²) in [7, 11) is 0. The number of thioether (sulfide) groups is 1. The number of hydrogen-bond donors (Lipinski definition) is 2. The molecule has 2 atom stereocenters. The van der Waals surface area contributed by atoms with Gasteiger partial charge in [0.2, 0.25) is 0 Å². The predicted octanol–water partition coefficient (Wildman–Crippen LogP) is 2.44. The molecule has 25 heavy (non-hydrogen) atoms. The first-order valence-electron chi connectivity index (χ1n) is 8.69. The number of H-pyrrole nitrogens is 1. The molecular weight excluding hydrogens is 338 g/mol. The molecule has 1 saturated carbocycles. The van der Waals surface area contributed by atoms with E-state index in [1.165, 1.54) is 11.8 Å². The van der Waals surface area contributed by atoms with Crippen LogP contribution in [0.15, 0.2) is 34.3 Å². The zero-order chi connectivity index (χ0) is 17.2. The van der Waals surface area contributed by atoms with Crippen LogP contribution < -0.4 is 0 Å². The molecular formula is C18H19N3O3S. The second kappa shape index (κ2) is 5.32. The fourth-order valence-electron chi connectivity index (χ4n) is 3.96. The number of nitrogens with zero attached hydrogens (tertiary/aromatic N) is 2. The molecule has 5 rings (SSSR count). The van der Waals surface area contributed by atoms with Crippen LogP contribution >= 0.6 is 11.8 Å². The molecule has 1 aromatic rings. The van der Waals surface area contributed by atoms with Crippen molar-refractivity contribution in [3.8, 4) is 0 Å². The second-order valence-electron chi connectivity index (χ2n) is 7.21. The third kappa shape index (κ3) is 2.25. The molecule has 0 saturated heterocycles. The third-order valence-corrected chi connectivity index (χ3v) is 6.77. The van der Waals surface area contributed by atoms with Crippen LogP contribution in [-0.2, 0) is 9.53 Å². The number of carbonyl (C=O) groups is 1. The number of hydrogen-bond acceptors (Lipinski definition) is 5. The highest BCUT2D eigenvalue weighted by molar-refractivity contribution is 8.10. The van der Waals surface area contributed by atoms with Crippen molar-refractivity contribution in [2.45, 2.75) is 43.5 Å². The van der Waals surface area contributed by atoms with E-state index >= 15 is 0 Å². The van der Waals surface area contributed by atoms with Gasteiger partial charge in [-0.3, -0.25) is 9.89 Å². The Labute approximate surface area is 149 Å². The molecule has 1 unspecified atom stereocenters. The standard InChI is InChI=1S/C18H19N3O3S/c1-18(23,10-4-5-10)16-11-3-2-6-24-13-12(11)15(17(22)21-16)25-14(13)9-7-19-20-8-9/h7-8,10,15,23H,2-6H2,1H3,(H,19,20)/t15?,18-/m1/s1.